The van der Waals surface area contributed by atoms with E-state index in [-0.39, 0.29) is 0 Å². The summed E-state index contributed by atoms with van der Waals surface area (Å²) < 4.78 is 3.88. The standard InChI is InChI=1S/C8H15N3.C7H13N3/c1-6(2)8-9-5-10-11(8)7(3)4;1-4-10-7(6(2)3)8-5-9-10/h5-7H,1-4H3;5-6H,4H2,1-3H3. The molecule has 0 aliphatic carbocycles. The number of hydrogen-bond donors (Lipinski definition) is 0. The van der Waals surface area contributed by atoms with Crippen molar-refractivity contribution in [3.05, 3.63) is 24.3 Å². The molecule has 2 heterocycles. The predicted octanol–water partition coefficient (Wildman–Crippen LogP) is 3.40. The van der Waals surface area contributed by atoms with Crippen molar-refractivity contribution in [2.75, 3.05) is 0 Å². The van der Waals surface area contributed by atoms with Crippen molar-refractivity contribution in [1.29, 1.82) is 0 Å². The molecule has 0 aliphatic rings. The van der Waals surface area contributed by atoms with Crippen molar-refractivity contribution >= 4 is 0 Å². The molecule has 6 heteroatoms. The Morgan fingerprint density at radius 3 is 1.76 bits per heavy atom. The summed E-state index contributed by atoms with van der Waals surface area (Å²) in [5.41, 5.74) is 0. The molecule has 2 aromatic rings. The summed E-state index contributed by atoms with van der Waals surface area (Å²) in [6.07, 6.45) is 3.23. The van der Waals surface area contributed by atoms with E-state index in [9.17, 15) is 0 Å². The van der Waals surface area contributed by atoms with Crippen molar-refractivity contribution in [3.8, 4) is 0 Å². The lowest BCUT2D eigenvalue weighted by Gasteiger charge is -2.10. The molecular weight excluding hydrogens is 264 g/mol. The van der Waals surface area contributed by atoms with E-state index in [0.717, 1.165) is 18.2 Å². The van der Waals surface area contributed by atoms with Crippen LogP contribution in [0.4, 0.5) is 0 Å². The summed E-state index contributed by atoms with van der Waals surface area (Å²) in [7, 11) is 0. The fourth-order valence-electron chi connectivity index (χ4n) is 2.03. The molecule has 0 atom stereocenters. The lowest BCUT2D eigenvalue weighted by atomic mass is 10.2. The van der Waals surface area contributed by atoms with Gasteiger partial charge in [0, 0.05) is 24.4 Å². The number of aromatic nitrogens is 6. The lowest BCUT2D eigenvalue weighted by molar-refractivity contribution is 0.492. The molecule has 0 N–H and O–H groups in total. The highest BCUT2D eigenvalue weighted by Gasteiger charge is 2.09. The van der Waals surface area contributed by atoms with Crippen molar-refractivity contribution < 1.29 is 0 Å². The molecule has 2 aromatic heterocycles. The highest BCUT2D eigenvalue weighted by Crippen LogP contribution is 2.14. The van der Waals surface area contributed by atoms with E-state index in [4.69, 9.17) is 0 Å². The Kier molecular flexibility index (Phi) is 6.52. The second kappa shape index (κ2) is 7.90. The molecule has 0 saturated heterocycles. The van der Waals surface area contributed by atoms with Gasteiger partial charge in [-0.25, -0.2) is 14.6 Å². The van der Waals surface area contributed by atoms with Crippen LogP contribution in [-0.4, -0.2) is 29.5 Å². The van der Waals surface area contributed by atoms with E-state index in [0.29, 0.717) is 17.9 Å². The third kappa shape index (κ3) is 4.65. The Bertz CT molecular complexity index is 501. The SMILES string of the molecule is CC(C)c1ncnn1C(C)C.CCn1ncnc1C(C)C. The fourth-order valence-corrected chi connectivity index (χ4v) is 2.03. The third-order valence-electron chi connectivity index (χ3n) is 3.07. The minimum atomic E-state index is 0.412. The van der Waals surface area contributed by atoms with Gasteiger partial charge in [0.15, 0.2) is 0 Å². The highest BCUT2D eigenvalue weighted by molar-refractivity contribution is 4.92. The average molecular weight is 292 g/mol. The molecule has 0 unspecified atom stereocenters. The van der Waals surface area contributed by atoms with E-state index in [1.807, 2.05) is 9.36 Å². The van der Waals surface area contributed by atoms with Gasteiger partial charge < -0.3 is 0 Å². The van der Waals surface area contributed by atoms with Crippen LogP contribution in [0.1, 0.15) is 78.0 Å². The fraction of sp³-hybridized carbons (Fsp3) is 0.733. The van der Waals surface area contributed by atoms with Gasteiger partial charge in [0.25, 0.3) is 0 Å². The first-order valence-electron chi connectivity index (χ1n) is 7.65. The van der Waals surface area contributed by atoms with Crippen LogP contribution in [0.15, 0.2) is 12.7 Å². The lowest BCUT2D eigenvalue weighted by Crippen LogP contribution is -2.09. The number of aryl methyl sites for hydroxylation is 1. The zero-order chi connectivity index (χ0) is 16.0. The molecule has 0 spiro atoms. The van der Waals surface area contributed by atoms with E-state index in [1.165, 1.54) is 0 Å². The maximum absolute atomic E-state index is 4.19. The van der Waals surface area contributed by atoms with Crippen molar-refractivity contribution in [2.24, 2.45) is 0 Å². The molecule has 21 heavy (non-hydrogen) atoms. The zero-order valence-corrected chi connectivity index (χ0v) is 14.3. The Balaban J connectivity index is 0.000000211. The molecular formula is C15H28N6. The minimum Gasteiger partial charge on any atom is -0.250 e. The van der Waals surface area contributed by atoms with Crippen molar-refractivity contribution in [2.45, 2.75) is 72.9 Å². The van der Waals surface area contributed by atoms with Gasteiger partial charge in [-0.2, -0.15) is 10.2 Å². The van der Waals surface area contributed by atoms with Crippen LogP contribution in [-0.2, 0) is 6.54 Å². The first kappa shape index (κ1) is 17.3. The predicted molar refractivity (Wildman–Crippen MR) is 84.3 cm³/mol. The molecule has 0 radical (unpaired) electrons. The number of hydrogen-bond acceptors (Lipinski definition) is 4. The van der Waals surface area contributed by atoms with Crippen molar-refractivity contribution in [3.63, 3.8) is 0 Å². The number of nitrogens with zero attached hydrogens (tertiary/aromatic N) is 6. The summed E-state index contributed by atoms with van der Waals surface area (Å²) in [4.78, 5) is 8.33. The smallest absolute Gasteiger partial charge is 0.138 e. The summed E-state index contributed by atoms with van der Waals surface area (Å²) in [5.74, 6) is 3.07. The van der Waals surface area contributed by atoms with Gasteiger partial charge in [0.2, 0.25) is 0 Å². The quantitative estimate of drug-likeness (QED) is 0.866. The Morgan fingerprint density at radius 1 is 0.857 bits per heavy atom. The first-order chi connectivity index (χ1) is 9.88. The summed E-state index contributed by atoms with van der Waals surface area (Å²) >= 11 is 0. The monoisotopic (exact) mass is 292 g/mol. The van der Waals surface area contributed by atoms with Gasteiger partial charge in [-0.3, -0.25) is 4.68 Å². The molecule has 2 rings (SSSR count). The van der Waals surface area contributed by atoms with Gasteiger partial charge in [-0.05, 0) is 20.8 Å². The van der Waals surface area contributed by atoms with E-state index in [2.05, 4.69) is 68.6 Å². The first-order valence-corrected chi connectivity index (χ1v) is 7.65. The van der Waals surface area contributed by atoms with Crippen LogP contribution < -0.4 is 0 Å². The Morgan fingerprint density at radius 2 is 1.38 bits per heavy atom. The zero-order valence-electron chi connectivity index (χ0n) is 14.3. The highest BCUT2D eigenvalue weighted by atomic mass is 15.3. The molecule has 0 saturated carbocycles. The molecule has 0 aliphatic heterocycles. The van der Waals surface area contributed by atoms with Crippen LogP contribution in [0.5, 0.6) is 0 Å². The molecule has 0 aromatic carbocycles. The molecule has 0 amide bonds. The summed E-state index contributed by atoms with van der Waals surface area (Å²) in [6, 6.07) is 0.412. The van der Waals surface area contributed by atoms with E-state index < -0.39 is 0 Å². The van der Waals surface area contributed by atoms with Gasteiger partial charge in [0.05, 0.1) is 0 Å². The second-order valence-corrected chi connectivity index (χ2v) is 5.90. The molecule has 0 fully saturated rings. The van der Waals surface area contributed by atoms with Crippen LogP contribution in [0, 0.1) is 0 Å². The maximum Gasteiger partial charge on any atom is 0.138 e. The normalized spacial score (nSPS) is 11.1. The van der Waals surface area contributed by atoms with Crippen molar-refractivity contribution in [1.82, 2.24) is 29.5 Å². The maximum atomic E-state index is 4.19. The molecule has 6 nitrogen and oxygen atoms in total. The van der Waals surface area contributed by atoms with E-state index >= 15 is 0 Å². The van der Waals surface area contributed by atoms with Crippen LogP contribution >= 0.6 is 0 Å². The summed E-state index contributed by atoms with van der Waals surface area (Å²) in [6.45, 7) is 15.7. The van der Waals surface area contributed by atoms with Gasteiger partial charge >= 0.3 is 0 Å². The van der Waals surface area contributed by atoms with Crippen LogP contribution in [0.2, 0.25) is 0 Å². The van der Waals surface area contributed by atoms with Crippen LogP contribution in [0.3, 0.4) is 0 Å². The van der Waals surface area contributed by atoms with Gasteiger partial charge in [0.1, 0.15) is 24.3 Å². The Hall–Kier alpha value is -1.72. The van der Waals surface area contributed by atoms with Gasteiger partial charge in [-0.15, -0.1) is 0 Å². The van der Waals surface area contributed by atoms with Gasteiger partial charge in [-0.1, -0.05) is 27.7 Å². The second-order valence-electron chi connectivity index (χ2n) is 5.90. The number of rotatable bonds is 4. The molecule has 0 bridgehead atoms. The third-order valence-corrected chi connectivity index (χ3v) is 3.07. The summed E-state index contributed by atoms with van der Waals surface area (Å²) in [5, 5.41) is 8.20. The largest absolute Gasteiger partial charge is 0.250 e. The molecule has 118 valence electrons. The minimum absolute atomic E-state index is 0.412. The topological polar surface area (TPSA) is 61.4 Å². The average Bonchev–Trinajstić information content (AvgIpc) is 3.08. The van der Waals surface area contributed by atoms with E-state index in [1.54, 1.807) is 12.7 Å². The van der Waals surface area contributed by atoms with Crippen LogP contribution in [0.25, 0.3) is 0 Å². The Labute approximate surface area is 127 Å².